The van der Waals surface area contributed by atoms with Crippen molar-refractivity contribution in [3.8, 4) is 0 Å². The Morgan fingerprint density at radius 2 is 2.08 bits per heavy atom. The molecular weight excluding hydrogens is 360 g/mol. The van der Waals surface area contributed by atoms with Gasteiger partial charge in [0.15, 0.2) is 0 Å². The molecule has 0 bridgehead atoms. The third-order valence-electron chi connectivity index (χ3n) is 3.82. The van der Waals surface area contributed by atoms with Gasteiger partial charge in [-0.05, 0) is 38.5 Å². The summed E-state index contributed by atoms with van der Waals surface area (Å²) in [5.74, 6) is -0.397. The number of anilines is 1. The van der Waals surface area contributed by atoms with Gasteiger partial charge in [0.05, 0.1) is 4.90 Å². The monoisotopic (exact) mass is 382 g/mol. The first-order chi connectivity index (χ1) is 11.7. The molecule has 1 aromatic heterocycles. The fourth-order valence-electron chi connectivity index (χ4n) is 2.04. The molecular formula is C16H22N4O3S2. The topological polar surface area (TPSA) is 105 Å². The average Bonchev–Trinajstić information content (AvgIpc) is 3.05. The van der Waals surface area contributed by atoms with Crippen molar-refractivity contribution < 1.29 is 13.2 Å². The molecule has 1 amide bonds. The second-order valence-electron chi connectivity index (χ2n) is 5.88. The second-order valence-corrected chi connectivity index (χ2v) is 8.82. The standard InChI is InChI=1S/C16H22N4O3S2/c1-10(2)20(4)25(22,23)12-6-5-11(3)13(7-12)19-16(21)14-9-24-15(8-17)18-14/h5-7,9-10H,8,17H2,1-4H3,(H,19,21). The van der Waals surface area contributed by atoms with Crippen LogP contribution in [-0.2, 0) is 16.6 Å². The van der Waals surface area contributed by atoms with E-state index in [9.17, 15) is 13.2 Å². The van der Waals surface area contributed by atoms with Gasteiger partial charge in [0.2, 0.25) is 10.0 Å². The van der Waals surface area contributed by atoms with E-state index in [1.807, 2.05) is 0 Å². The number of hydrogen-bond acceptors (Lipinski definition) is 6. The minimum Gasteiger partial charge on any atom is -0.325 e. The number of carbonyl (C=O) groups is 1. The van der Waals surface area contributed by atoms with Gasteiger partial charge in [0.1, 0.15) is 10.7 Å². The van der Waals surface area contributed by atoms with Crippen LogP contribution in [0.2, 0.25) is 0 Å². The van der Waals surface area contributed by atoms with Crippen molar-refractivity contribution in [2.24, 2.45) is 5.73 Å². The summed E-state index contributed by atoms with van der Waals surface area (Å²) in [6.45, 7) is 5.66. The first-order valence-electron chi connectivity index (χ1n) is 7.71. The molecule has 0 fully saturated rings. The molecule has 0 unspecified atom stereocenters. The number of carbonyl (C=O) groups excluding carboxylic acids is 1. The van der Waals surface area contributed by atoms with E-state index in [0.717, 1.165) is 5.56 Å². The van der Waals surface area contributed by atoms with Crippen LogP contribution in [0.15, 0.2) is 28.5 Å². The van der Waals surface area contributed by atoms with Crippen molar-refractivity contribution >= 4 is 33.0 Å². The maximum absolute atomic E-state index is 12.6. The van der Waals surface area contributed by atoms with E-state index in [4.69, 9.17) is 5.73 Å². The highest BCUT2D eigenvalue weighted by atomic mass is 32.2. The first-order valence-corrected chi connectivity index (χ1v) is 10.0. The van der Waals surface area contributed by atoms with Crippen LogP contribution in [0.5, 0.6) is 0 Å². The van der Waals surface area contributed by atoms with Gasteiger partial charge in [0.25, 0.3) is 5.91 Å². The summed E-state index contributed by atoms with van der Waals surface area (Å²) in [7, 11) is -2.10. The lowest BCUT2D eigenvalue weighted by molar-refractivity contribution is 0.102. The molecule has 3 N–H and O–H groups in total. The number of hydrogen-bond donors (Lipinski definition) is 2. The zero-order valence-electron chi connectivity index (χ0n) is 14.6. The molecule has 1 heterocycles. The number of nitrogens with one attached hydrogen (secondary N) is 1. The Kier molecular flexibility index (Phi) is 5.94. The zero-order valence-corrected chi connectivity index (χ0v) is 16.2. The van der Waals surface area contributed by atoms with Crippen molar-refractivity contribution in [2.45, 2.75) is 38.3 Å². The third kappa shape index (κ3) is 4.24. The van der Waals surface area contributed by atoms with Crippen LogP contribution in [0.3, 0.4) is 0 Å². The van der Waals surface area contributed by atoms with E-state index >= 15 is 0 Å². The highest BCUT2D eigenvalue weighted by molar-refractivity contribution is 7.89. The largest absolute Gasteiger partial charge is 0.325 e. The normalized spacial score (nSPS) is 12.0. The maximum Gasteiger partial charge on any atom is 0.275 e. The Hall–Kier alpha value is -1.81. The summed E-state index contributed by atoms with van der Waals surface area (Å²) >= 11 is 1.31. The number of thiazole rings is 1. The molecule has 2 aromatic rings. The molecule has 0 aliphatic heterocycles. The Labute approximate surface area is 151 Å². The van der Waals surface area contributed by atoms with Gasteiger partial charge in [-0.2, -0.15) is 4.31 Å². The quantitative estimate of drug-likeness (QED) is 0.797. The van der Waals surface area contributed by atoms with Crippen LogP contribution in [0, 0.1) is 6.92 Å². The maximum atomic E-state index is 12.6. The molecule has 0 saturated heterocycles. The van der Waals surface area contributed by atoms with E-state index < -0.39 is 15.9 Å². The average molecular weight is 383 g/mol. The van der Waals surface area contributed by atoms with Crippen molar-refractivity contribution in [2.75, 3.05) is 12.4 Å². The van der Waals surface area contributed by atoms with Gasteiger partial charge >= 0.3 is 0 Å². The summed E-state index contributed by atoms with van der Waals surface area (Å²) in [6, 6.07) is 4.50. The van der Waals surface area contributed by atoms with Crippen LogP contribution >= 0.6 is 11.3 Å². The molecule has 2 rings (SSSR count). The van der Waals surface area contributed by atoms with Gasteiger partial charge < -0.3 is 11.1 Å². The summed E-state index contributed by atoms with van der Waals surface area (Å²) in [6.07, 6.45) is 0. The molecule has 0 radical (unpaired) electrons. The van der Waals surface area contributed by atoms with Crippen LogP contribution in [0.4, 0.5) is 5.69 Å². The fraction of sp³-hybridized carbons (Fsp3) is 0.375. The number of benzene rings is 1. The summed E-state index contributed by atoms with van der Waals surface area (Å²) in [5, 5.41) is 5.01. The molecule has 25 heavy (non-hydrogen) atoms. The van der Waals surface area contributed by atoms with Crippen LogP contribution in [-0.4, -0.2) is 36.7 Å². The lowest BCUT2D eigenvalue weighted by Gasteiger charge is -2.21. The number of rotatable bonds is 6. The number of aromatic nitrogens is 1. The molecule has 1 aromatic carbocycles. The van der Waals surface area contributed by atoms with E-state index in [2.05, 4.69) is 10.3 Å². The van der Waals surface area contributed by atoms with Gasteiger partial charge in [-0.15, -0.1) is 11.3 Å². The van der Waals surface area contributed by atoms with Crippen LogP contribution in [0.25, 0.3) is 0 Å². The number of sulfonamides is 1. The van der Waals surface area contributed by atoms with Crippen LogP contribution in [0.1, 0.15) is 34.9 Å². The highest BCUT2D eigenvalue weighted by Crippen LogP contribution is 2.24. The number of amides is 1. The summed E-state index contributed by atoms with van der Waals surface area (Å²) in [4.78, 5) is 16.6. The minimum atomic E-state index is -3.63. The molecule has 0 atom stereocenters. The molecule has 136 valence electrons. The highest BCUT2D eigenvalue weighted by Gasteiger charge is 2.24. The van der Waals surface area contributed by atoms with Crippen LogP contribution < -0.4 is 11.1 Å². The Bertz CT molecular complexity index is 875. The smallest absolute Gasteiger partial charge is 0.275 e. The van der Waals surface area contributed by atoms with Crippen molar-refractivity contribution in [3.05, 3.63) is 39.8 Å². The summed E-state index contributed by atoms with van der Waals surface area (Å²) in [5.41, 5.74) is 6.96. The Morgan fingerprint density at radius 1 is 1.40 bits per heavy atom. The minimum absolute atomic E-state index is 0.130. The molecule has 0 saturated carbocycles. The van der Waals surface area contributed by atoms with E-state index in [1.54, 1.807) is 32.2 Å². The predicted octanol–water partition coefficient (Wildman–Crippen LogP) is 2.19. The van der Waals surface area contributed by atoms with Gasteiger partial charge in [-0.3, -0.25) is 4.79 Å². The SMILES string of the molecule is Cc1ccc(S(=O)(=O)N(C)C(C)C)cc1NC(=O)c1csc(CN)n1. The van der Waals surface area contributed by atoms with Crippen molar-refractivity contribution in [3.63, 3.8) is 0 Å². The third-order valence-corrected chi connectivity index (χ3v) is 6.72. The molecule has 9 heteroatoms. The molecule has 0 spiro atoms. The van der Waals surface area contributed by atoms with Gasteiger partial charge in [0, 0.05) is 30.7 Å². The molecule has 7 nitrogen and oxygen atoms in total. The Morgan fingerprint density at radius 3 is 2.64 bits per heavy atom. The second kappa shape index (κ2) is 7.61. The first kappa shape index (κ1) is 19.5. The van der Waals surface area contributed by atoms with E-state index in [-0.39, 0.29) is 23.2 Å². The predicted molar refractivity (Wildman–Crippen MR) is 99.2 cm³/mol. The van der Waals surface area contributed by atoms with E-state index in [1.165, 1.54) is 34.8 Å². The summed E-state index contributed by atoms with van der Waals surface area (Å²) < 4.78 is 26.5. The van der Waals surface area contributed by atoms with Crippen molar-refractivity contribution in [1.29, 1.82) is 0 Å². The zero-order chi connectivity index (χ0) is 18.8. The Balaban J connectivity index is 2.32. The molecule has 0 aliphatic carbocycles. The van der Waals surface area contributed by atoms with Gasteiger partial charge in [-0.1, -0.05) is 6.07 Å². The fourth-order valence-corrected chi connectivity index (χ4v) is 4.08. The van der Waals surface area contributed by atoms with E-state index in [0.29, 0.717) is 10.7 Å². The number of nitrogens with zero attached hydrogens (tertiary/aromatic N) is 2. The number of aryl methyl sites for hydroxylation is 1. The van der Waals surface area contributed by atoms with Crippen molar-refractivity contribution in [1.82, 2.24) is 9.29 Å². The lowest BCUT2D eigenvalue weighted by Crippen LogP contribution is -2.33. The van der Waals surface area contributed by atoms with Gasteiger partial charge in [-0.25, -0.2) is 13.4 Å². The number of nitrogens with two attached hydrogens (primary N) is 1. The lowest BCUT2D eigenvalue weighted by atomic mass is 10.2. The molecule has 0 aliphatic rings.